The van der Waals surface area contributed by atoms with Gasteiger partial charge in [-0.3, -0.25) is 4.79 Å². The summed E-state index contributed by atoms with van der Waals surface area (Å²) < 4.78 is 4.98. The SMILES string of the molecule is CCOC(=O)c1cccc(NC(=O)C[C@@H]2C[C@@H]3CC[C@@H]2C3)c1. The standard InChI is InChI=1S/C18H23NO3/c1-2-22-18(21)14-4-3-5-16(10-14)19-17(20)11-15-9-12-6-7-13(15)8-12/h3-5,10,12-13,15H,2,6-9,11H2,1H3,(H,19,20)/t12-,13-,15+/m1/s1. The maximum absolute atomic E-state index is 12.2. The zero-order chi connectivity index (χ0) is 15.5. The van der Waals surface area contributed by atoms with E-state index in [1.165, 1.54) is 25.7 Å². The molecule has 2 saturated carbocycles. The second kappa shape index (κ2) is 6.51. The minimum Gasteiger partial charge on any atom is -0.462 e. The smallest absolute Gasteiger partial charge is 0.338 e. The lowest BCUT2D eigenvalue weighted by Gasteiger charge is -2.20. The summed E-state index contributed by atoms with van der Waals surface area (Å²) in [6, 6.07) is 6.95. The van der Waals surface area contributed by atoms with Crippen molar-refractivity contribution in [1.29, 1.82) is 0 Å². The number of hydrogen-bond acceptors (Lipinski definition) is 3. The monoisotopic (exact) mass is 301 g/mol. The van der Waals surface area contributed by atoms with E-state index in [1.54, 1.807) is 31.2 Å². The lowest BCUT2D eigenvalue weighted by atomic mass is 9.86. The molecule has 0 aromatic heterocycles. The fourth-order valence-corrected chi connectivity index (χ4v) is 4.01. The number of esters is 1. The van der Waals surface area contributed by atoms with Crippen LogP contribution in [0.2, 0.25) is 0 Å². The quantitative estimate of drug-likeness (QED) is 0.845. The second-order valence-electron chi connectivity index (χ2n) is 6.49. The molecule has 2 aliphatic rings. The summed E-state index contributed by atoms with van der Waals surface area (Å²) in [5, 5.41) is 2.92. The Hall–Kier alpha value is -1.84. The molecule has 3 atom stereocenters. The molecule has 2 bridgehead atoms. The number of nitrogens with one attached hydrogen (secondary N) is 1. The van der Waals surface area contributed by atoms with Gasteiger partial charge in [0.2, 0.25) is 5.91 Å². The molecule has 0 heterocycles. The number of benzene rings is 1. The molecular weight excluding hydrogens is 278 g/mol. The number of carbonyl (C=O) groups excluding carboxylic acids is 2. The number of rotatable bonds is 5. The van der Waals surface area contributed by atoms with Gasteiger partial charge in [-0.25, -0.2) is 4.79 Å². The van der Waals surface area contributed by atoms with E-state index in [0.29, 0.717) is 30.2 Å². The molecule has 0 spiro atoms. The van der Waals surface area contributed by atoms with Crippen LogP contribution in [0.3, 0.4) is 0 Å². The first kappa shape index (κ1) is 15.1. The third-order valence-electron chi connectivity index (χ3n) is 4.99. The summed E-state index contributed by atoms with van der Waals surface area (Å²) in [5.41, 5.74) is 1.14. The number of carbonyl (C=O) groups is 2. The van der Waals surface area contributed by atoms with Crippen LogP contribution in [0.25, 0.3) is 0 Å². The molecule has 3 rings (SSSR count). The van der Waals surface area contributed by atoms with Crippen molar-refractivity contribution in [2.24, 2.45) is 17.8 Å². The highest BCUT2D eigenvalue weighted by molar-refractivity contribution is 5.94. The van der Waals surface area contributed by atoms with Crippen molar-refractivity contribution >= 4 is 17.6 Å². The molecular formula is C18H23NO3. The first-order chi connectivity index (χ1) is 10.7. The van der Waals surface area contributed by atoms with Gasteiger partial charge in [0.25, 0.3) is 0 Å². The zero-order valence-corrected chi connectivity index (χ0v) is 13.0. The van der Waals surface area contributed by atoms with Gasteiger partial charge in [0.05, 0.1) is 12.2 Å². The predicted octanol–water partition coefficient (Wildman–Crippen LogP) is 3.63. The van der Waals surface area contributed by atoms with Crippen molar-refractivity contribution in [3.63, 3.8) is 0 Å². The Balaban J connectivity index is 1.57. The molecule has 2 fully saturated rings. The number of fused-ring (bicyclic) bond motifs is 2. The minimum absolute atomic E-state index is 0.0542. The summed E-state index contributed by atoms with van der Waals surface area (Å²) in [4.78, 5) is 23.9. The summed E-state index contributed by atoms with van der Waals surface area (Å²) in [5.74, 6) is 1.86. The summed E-state index contributed by atoms with van der Waals surface area (Å²) in [6.07, 6.45) is 5.77. The number of ether oxygens (including phenoxy) is 1. The first-order valence-corrected chi connectivity index (χ1v) is 8.22. The maximum atomic E-state index is 12.2. The molecule has 1 N–H and O–H groups in total. The van der Waals surface area contributed by atoms with Gasteiger partial charge in [-0.2, -0.15) is 0 Å². The molecule has 22 heavy (non-hydrogen) atoms. The highest BCUT2D eigenvalue weighted by Gasteiger charge is 2.40. The number of anilines is 1. The van der Waals surface area contributed by atoms with Gasteiger partial charge in [0.15, 0.2) is 0 Å². The molecule has 0 radical (unpaired) electrons. The van der Waals surface area contributed by atoms with Crippen LogP contribution >= 0.6 is 0 Å². The van der Waals surface area contributed by atoms with E-state index in [-0.39, 0.29) is 11.9 Å². The average molecular weight is 301 g/mol. The molecule has 0 unspecified atom stereocenters. The topological polar surface area (TPSA) is 55.4 Å². The fourth-order valence-electron chi connectivity index (χ4n) is 4.01. The van der Waals surface area contributed by atoms with Gasteiger partial charge in [-0.15, -0.1) is 0 Å². The van der Waals surface area contributed by atoms with Crippen LogP contribution in [-0.2, 0) is 9.53 Å². The van der Waals surface area contributed by atoms with Crippen LogP contribution in [0.5, 0.6) is 0 Å². The Morgan fingerprint density at radius 3 is 2.82 bits per heavy atom. The minimum atomic E-state index is -0.355. The van der Waals surface area contributed by atoms with Crippen LogP contribution in [-0.4, -0.2) is 18.5 Å². The van der Waals surface area contributed by atoms with Crippen molar-refractivity contribution in [2.75, 3.05) is 11.9 Å². The van der Waals surface area contributed by atoms with Crippen LogP contribution in [0.1, 0.15) is 49.4 Å². The average Bonchev–Trinajstić information content (AvgIpc) is 3.10. The van der Waals surface area contributed by atoms with Crippen LogP contribution in [0.4, 0.5) is 5.69 Å². The van der Waals surface area contributed by atoms with E-state index in [0.717, 1.165) is 11.8 Å². The Morgan fingerprint density at radius 1 is 1.27 bits per heavy atom. The predicted molar refractivity (Wildman–Crippen MR) is 84.6 cm³/mol. The number of hydrogen-bond donors (Lipinski definition) is 1. The molecule has 4 nitrogen and oxygen atoms in total. The van der Waals surface area contributed by atoms with Gasteiger partial charge in [-0.1, -0.05) is 12.5 Å². The summed E-state index contributed by atoms with van der Waals surface area (Å²) in [6.45, 7) is 2.12. The molecule has 1 amide bonds. The van der Waals surface area contributed by atoms with Gasteiger partial charge in [0.1, 0.15) is 0 Å². The molecule has 4 heteroatoms. The van der Waals surface area contributed by atoms with Crippen molar-refractivity contribution in [3.05, 3.63) is 29.8 Å². The Morgan fingerprint density at radius 2 is 2.14 bits per heavy atom. The van der Waals surface area contributed by atoms with Crippen molar-refractivity contribution in [1.82, 2.24) is 0 Å². The van der Waals surface area contributed by atoms with E-state index >= 15 is 0 Å². The molecule has 1 aromatic carbocycles. The third-order valence-corrected chi connectivity index (χ3v) is 4.99. The lowest BCUT2D eigenvalue weighted by Crippen LogP contribution is -2.20. The van der Waals surface area contributed by atoms with E-state index < -0.39 is 0 Å². The van der Waals surface area contributed by atoms with Crippen LogP contribution in [0.15, 0.2) is 24.3 Å². The summed E-state index contributed by atoms with van der Waals surface area (Å²) in [7, 11) is 0. The summed E-state index contributed by atoms with van der Waals surface area (Å²) >= 11 is 0. The lowest BCUT2D eigenvalue weighted by molar-refractivity contribution is -0.117. The fraction of sp³-hybridized carbons (Fsp3) is 0.556. The first-order valence-electron chi connectivity index (χ1n) is 8.22. The highest BCUT2D eigenvalue weighted by Crippen LogP contribution is 2.49. The largest absolute Gasteiger partial charge is 0.462 e. The maximum Gasteiger partial charge on any atom is 0.338 e. The van der Waals surface area contributed by atoms with Crippen molar-refractivity contribution in [2.45, 2.75) is 39.0 Å². The van der Waals surface area contributed by atoms with Crippen LogP contribution in [0, 0.1) is 17.8 Å². The van der Waals surface area contributed by atoms with Crippen molar-refractivity contribution < 1.29 is 14.3 Å². The Labute approximate surface area is 131 Å². The third kappa shape index (κ3) is 3.32. The molecule has 118 valence electrons. The van der Waals surface area contributed by atoms with E-state index in [2.05, 4.69) is 5.32 Å². The zero-order valence-electron chi connectivity index (χ0n) is 13.0. The van der Waals surface area contributed by atoms with Gasteiger partial charge in [-0.05, 0) is 62.1 Å². The molecule has 2 aliphatic carbocycles. The second-order valence-corrected chi connectivity index (χ2v) is 6.49. The Kier molecular flexibility index (Phi) is 4.46. The van der Waals surface area contributed by atoms with Gasteiger partial charge >= 0.3 is 5.97 Å². The molecule has 0 saturated heterocycles. The van der Waals surface area contributed by atoms with E-state index in [1.807, 2.05) is 0 Å². The van der Waals surface area contributed by atoms with E-state index in [4.69, 9.17) is 4.74 Å². The van der Waals surface area contributed by atoms with Crippen molar-refractivity contribution in [3.8, 4) is 0 Å². The molecule has 0 aliphatic heterocycles. The highest BCUT2D eigenvalue weighted by atomic mass is 16.5. The van der Waals surface area contributed by atoms with Crippen LogP contribution < -0.4 is 5.32 Å². The van der Waals surface area contributed by atoms with Gasteiger partial charge in [0, 0.05) is 12.1 Å². The normalized spacial score (nSPS) is 26.0. The molecule has 1 aromatic rings. The Bertz CT molecular complexity index is 569. The van der Waals surface area contributed by atoms with E-state index in [9.17, 15) is 9.59 Å². The number of amides is 1. The van der Waals surface area contributed by atoms with Gasteiger partial charge < -0.3 is 10.1 Å².